The van der Waals surface area contributed by atoms with Gasteiger partial charge in [0.05, 0.1) is 6.61 Å². The predicted molar refractivity (Wildman–Crippen MR) is 51.3 cm³/mol. The van der Waals surface area contributed by atoms with Gasteiger partial charge in [0.15, 0.2) is 0 Å². The van der Waals surface area contributed by atoms with E-state index in [1.165, 1.54) is 6.55 Å². The van der Waals surface area contributed by atoms with Gasteiger partial charge in [-0.3, -0.25) is 0 Å². The highest BCUT2D eigenvalue weighted by Gasteiger charge is 2.20. The maximum atomic E-state index is 10.8. The highest BCUT2D eigenvalue weighted by molar-refractivity contribution is 6.63. The Morgan fingerprint density at radius 1 is 1.54 bits per heavy atom. The van der Waals surface area contributed by atoms with Crippen LogP contribution < -0.4 is 0 Å². The maximum absolute atomic E-state index is 10.8. The molecule has 13 heavy (non-hydrogen) atoms. The number of hydrogen-bond acceptors (Lipinski definition) is 4. The molecule has 0 aromatic heterocycles. The Morgan fingerprint density at radius 2 is 2.08 bits per heavy atom. The molecule has 0 rings (SSSR count). The first-order chi connectivity index (χ1) is 5.83. The first-order valence-corrected chi connectivity index (χ1v) is 6.70. The third-order valence-corrected chi connectivity index (χ3v) is 2.68. The van der Waals surface area contributed by atoms with Gasteiger partial charge >= 0.3 is 14.5 Å². The molecule has 76 valence electrons. The van der Waals surface area contributed by atoms with Crippen LogP contribution in [-0.2, 0) is 9.53 Å². The first kappa shape index (κ1) is 12.3. The largest absolute Gasteiger partial charge is 0.462 e. The monoisotopic (exact) mass is 204 g/mol. The van der Waals surface area contributed by atoms with Gasteiger partial charge in [-0.25, -0.2) is 4.79 Å². The zero-order valence-corrected chi connectivity index (χ0v) is 9.04. The summed E-state index contributed by atoms with van der Waals surface area (Å²) in [5.74, 6) is -0.431. The lowest BCUT2D eigenvalue weighted by Gasteiger charge is -2.11. The van der Waals surface area contributed by atoms with Crippen molar-refractivity contribution in [3.63, 3.8) is 0 Å². The number of carbonyl (C=O) groups excluding carboxylic acids is 1. The van der Waals surface area contributed by atoms with Gasteiger partial charge in [0, 0.05) is 5.57 Å². The normalized spacial score (nSPS) is 11.1. The number of rotatable bonds is 5. The maximum Gasteiger partial charge on any atom is 0.333 e. The van der Waals surface area contributed by atoms with Crippen molar-refractivity contribution in [1.82, 2.24) is 0 Å². The van der Waals surface area contributed by atoms with Crippen LogP contribution in [-0.4, -0.2) is 30.7 Å². The highest BCUT2D eigenvalue weighted by Crippen LogP contribution is 2.04. The Hall–Kier alpha value is -0.653. The molecule has 0 atom stereocenters. The van der Waals surface area contributed by atoms with Crippen molar-refractivity contribution in [3.05, 3.63) is 12.2 Å². The van der Waals surface area contributed by atoms with Gasteiger partial charge in [-0.15, -0.1) is 0 Å². The quantitative estimate of drug-likeness (QED) is 0.297. The molecule has 2 N–H and O–H groups in total. The summed E-state index contributed by atoms with van der Waals surface area (Å²) >= 11 is 0. The van der Waals surface area contributed by atoms with E-state index in [1.807, 2.05) is 0 Å². The second kappa shape index (κ2) is 5.16. The predicted octanol–water partition coefficient (Wildman–Crippen LogP) is 0.552. The molecule has 0 heterocycles. The molecule has 0 bridgehead atoms. The van der Waals surface area contributed by atoms with Crippen LogP contribution in [0.4, 0.5) is 0 Å². The molecular weight excluding hydrogens is 188 g/mol. The van der Waals surface area contributed by atoms with Crippen molar-refractivity contribution in [2.45, 2.75) is 25.9 Å². The standard InChI is InChI=1S/C8H16O4Si/c1-7(2)8(9)12-5-4-6-13(3,10)11/h10-11H,1,4-6H2,2-3H3. The van der Waals surface area contributed by atoms with Gasteiger partial charge in [-0.1, -0.05) is 6.58 Å². The smallest absolute Gasteiger partial charge is 0.333 e. The van der Waals surface area contributed by atoms with Crippen LogP contribution in [0.5, 0.6) is 0 Å². The van der Waals surface area contributed by atoms with E-state index in [2.05, 4.69) is 6.58 Å². The van der Waals surface area contributed by atoms with Gasteiger partial charge in [0.2, 0.25) is 0 Å². The Kier molecular flexibility index (Phi) is 4.90. The molecular formula is C8H16O4Si. The Balaban J connectivity index is 3.47. The van der Waals surface area contributed by atoms with E-state index < -0.39 is 14.5 Å². The van der Waals surface area contributed by atoms with Crippen LogP contribution >= 0.6 is 0 Å². The molecule has 0 aliphatic rings. The van der Waals surface area contributed by atoms with Gasteiger partial charge in [-0.2, -0.15) is 0 Å². The first-order valence-electron chi connectivity index (χ1n) is 4.10. The van der Waals surface area contributed by atoms with E-state index in [1.54, 1.807) is 6.92 Å². The fourth-order valence-electron chi connectivity index (χ4n) is 0.695. The van der Waals surface area contributed by atoms with E-state index in [4.69, 9.17) is 14.3 Å². The number of carbonyl (C=O) groups is 1. The van der Waals surface area contributed by atoms with Crippen LogP contribution in [0.15, 0.2) is 12.2 Å². The molecule has 5 heteroatoms. The molecule has 0 unspecified atom stereocenters. The number of hydrogen-bond donors (Lipinski definition) is 2. The summed E-state index contributed by atoms with van der Waals surface area (Å²) in [7, 11) is -2.97. The van der Waals surface area contributed by atoms with Gasteiger partial charge in [0.1, 0.15) is 0 Å². The van der Waals surface area contributed by atoms with E-state index in [9.17, 15) is 4.79 Å². The fraction of sp³-hybridized carbons (Fsp3) is 0.625. The van der Waals surface area contributed by atoms with Crippen molar-refractivity contribution in [2.75, 3.05) is 6.61 Å². The van der Waals surface area contributed by atoms with Crippen molar-refractivity contribution in [3.8, 4) is 0 Å². The Bertz CT molecular complexity index is 195. The molecule has 0 saturated heterocycles. The second-order valence-electron chi connectivity index (χ2n) is 3.24. The van der Waals surface area contributed by atoms with Crippen LogP contribution in [0.1, 0.15) is 13.3 Å². The highest BCUT2D eigenvalue weighted by atomic mass is 28.4. The van der Waals surface area contributed by atoms with E-state index in [0.29, 0.717) is 18.0 Å². The summed E-state index contributed by atoms with van der Waals surface area (Å²) in [5, 5.41) is 0. The van der Waals surface area contributed by atoms with Crippen molar-refractivity contribution in [2.24, 2.45) is 0 Å². The molecule has 4 nitrogen and oxygen atoms in total. The van der Waals surface area contributed by atoms with Gasteiger partial charge in [0.25, 0.3) is 0 Å². The zero-order valence-electron chi connectivity index (χ0n) is 8.04. The van der Waals surface area contributed by atoms with Crippen molar-refractivity contribution in [1.29, 1.82) is 0 Å². The minimum Gasteiger partial charge on any atom is -0.462 e. The van der Waals surface area contributed by atoms with Crippen LogP contribution in [0, 0.1) is 0 Å². The molecule has 0 saturated carbocycles. The molecule has 0 aromatic rings. The van der Waals surface area contributed by atoms with E-state index in [-0.39, 0.29) is 6.61 Å². The average Bonchev–Trinajstić information content (AvgIpc) is 1.95. The van der Waals surface area contributed by atoms with E-state index in [0.717, 1.165) is 0 Å². The topological polar surface area (TPSA) is 66.8 Å². The average molecular weight is 204 g/mol. The lowest BCUT2D eigenvalue weighted by atomic mass is 10.4. The van der Waals surface area contributed by atoms with Crippen molar-refractivity contribution < 1.29 is 19.1 Å². The third kappa shape index (κ3) is 7.70. The third-order valence-electron chi connectivity index (χ3n) is 1.38. The molecule has 0 spiro atoms. The summed E-state index contributed by atoms with van der Waals surface area (Å²) in [6.07, 6.45) is 0.481. The summed E-state index contributed by atoms with van der Waals surface area (Å²) < 4.78 is 4.76. The Labute approximate surface area is 79.1 Å². The van der Waals surface area contributed by atoms with Crippen LogP contribution in [0.25, 0.3) is 0 Å². The molecule has 0 aliphatic heterocycles. The molecule has 0 amide bonds. The van der Waals surface area contributed by atoms with Gasteiger partial charge < -0.3 is 14.3 Å². The number of esters is 1. The molecule has 0 radical (unpaired) electrons. The molecule has 0 aliphatic carbocycles. The fourth-order valence-corrected chi connectivity index (χ4v) is 1.51. The summed E-state index contributed by atoms with van der Waals surface area (Å²) in [5.41, 5.74) is 0.355. The molecule has 0 fully saturated rings. The summed E-state index contributed by atoms with van der Waals surface area (Å²) in [4.78, 5) is 28.9. The lowest BCUT2D eigenvalue weighted by molar-refractivity contribution is -0.138. The van der Waals surface area contributed by atoms with Crippen molar-refractivity contribution >= 4 is 14.5 Å². The Morgan fingerprint density at radius 3 is 2.46 bits per heavy atom. The summed E-state index contributed by atoms with van der Waals surface area (Å²) in [6.45, 7) is 6.63. The molecule has 0 aromatic carbocycles. The summed E-state index contributed by atoms with van der Waals surface area (Å²) in [6, 6.07) is 0.316. The lowest BCUT2D eigenvalue weighted by Crippen LogP contribution is -2.29. The number of ether oxygens (including phenoxy) is 1. The second-order valence-corrected chi connectivity index (χ2v) is 6.17. The van der Waals surface area contributed by atoms with E-state index >= 15 is 0 Å². The minimum absolute atomic E-state index is 0.218. The van der Waals surface area contributed by atoms with Gasteiger partial charge in [-0.05, 0) is 25.9 Å². The van der Waals surface area contributed by atoms with Crippen LogP contribution in [0.3, 0.4) is 0 Å². The minimum atomic E-state index is -2.97. The zero-order chi connectivity index (χ0) is 10.5. The SMILES string of the molecule is C=C(C)C(=O)OCCC[Si](C)(O)O. The van der Waals surface area contributed by atoms with Crippen LogP contribution in [0.2, 0.25) is 12.6 Å².